The SMILES string of the molecule is CCCCCCCCCCCCCCc1ccc(NC(=O)Nc2ccc(CCCCCCCCCCCCCC)cc2)cc1. The number of urea groups is 1. The largest absolute Gasteiger partial charge is 0.323 e. The van der Waals surface area contributed by atoms with E-state index >= 15 is 0 Å². The number of unbranched alkanes of at least 4 members (excludes halogenated alkanes) is 22. The van der Waals surface area contributed by atoms with E-state index < -0.39 is 0 Å². The Hall–Kier alpha value is -2.29. The van der Waals surface area contributed by atoms with Crippen molar-refractivity contribution in [2.75, 3.05) is 10.6 Å². The van der Waals surface area contributed by atoms with Crippen molar-refractivity contribution in [1.29, 1.82) is 0 Å². The van der Waals surface area contributed by atoms with Crippen LogP contribution in [0.25, 0.3) is 0 Å². The predicted octanol–water partition coefficient (Wildman–Crippen LogP) is 13.8. The van der Waals surface area contributed by atoms with Gasteiger partial charge in [-0.3, -0.25) is 0 Å². The number of rotatable bonds is 28. The summed E-state index contributed by atoms with van der Waals surface area (Å²) in [6, 6.07) is 16.5. The Morgan fingerprint density at radius 2 is 0.636 bits per heavy atom. The van der Waals surface area contributed by atoms with Crippen LogP contribution in [-0.2, 0) is 12.8 Å². The Bertz CT molecular complexity index is 845. The molecule has 0 bridgehead atoms. The first-order valence-corrected chi connectivity index (χ1v) is 19.0. The van der Waals surface area contributed by atoms with Crippen LogP contribution in [0.4, 0.5) is 16.2 Å². The van der Waals surface area contributed by atoms with E-state index in [0.29, 0.717) is 0 Å². The molecule has 44 heavy (non-hydrogen) atoms. The fourth-order valence-corrected chi connectivity index (χ4v) is 6.14. The molecule has 0 saturated heterocycles. The summed E-state index contributed by atoms with van der Waals surface area (Å²) in [4.78, 5) is 12.5. The van der Waals surface area contributed by atoms with Gasteiger partial charge in [-0.05, 0) is 61.1 Å². The molecule has 0 aliphatic carbocycles. The highest BCUT2D eigenvalue weighted by Gasteiger charge is 2.04. The molecule has 0 radical (unpaired) electrons. The lowest BCUT2D eigenvalue weighted by Crippen LogP contribution is -2.19. The Morgan fingerprint density at radius 1 is 0.386 bits per heavy atom. The first kappa shape index (κ1) is 37.9. The molecular weight excluding hydrogens is 536 g/mol. The van der Waals surface area contributed by atoms with Gasteiger partial charge in [0.15, 0.2) is 0 Å². The summed E-state index contributed by atoms with van der Waals surface area (Å²) in [6.45, 7) is 4.57. The van der Waals surface area contributed by atoms with Crippen LogP contribution in [0.3, 0.4) is 0 Å². The summed E-state index contributed by atoms with van der Waals surface area (Å²) in [6.07, 6.45) is 35.4. The first-order chi connectivity index (χ1) is 21.7. The van der Waals surface area contributed by atoms with Crippen molar-refractivity contribution in [2.45, 2.75) is 181 Å². The third-order valence-corrected chi connectivity index (χ3v) is 9.06. The van der Waals surface area contributed by atoms with Gasteiger partial charge >= 0.3 is 6.03 Å². The molecule has 0 heterocycles. The molecule has 2 aromatic carbocycles. The van der Waals surface area contributed by atoms with E-state index in [-0.39, 0.29) is 6.03 Å². The van der Waals surface area contributed by atoms with Gasteiger partial charge in [-0.25, -0.2) is 4.79 Å². The minimum absolute atomic E-state index is 0.188. The number of nitrogens with one attached hydrogen (secondary N) is 2. The molecule has 2 amide bonds. The standard InChI is InChI=1S/C41H68N2O/c1-3-5-7-9-11-13-15-17-19-21-23-25-27-37-29-33-39(34-30-37)42-41(44)43-40-35-31-38(32-36-40)28-26-24-22-20-18-16-14-12-10-8-6-4-2/h29-36H,3-28H2,1-2H3,(H2,42,43,44). The minimum atomic E-state index is -0.188. The highest BCUT2D eigenvalue weighted by molar-refractivity contribution is 5.99. The minimum Gasteiger partial charge on any atom is -0.308 e. The molecule has 2 aromatic rings. The second-order valence-electron chi connectivity index (χ2n) is 13.3. The maximum absolute atomic E-state index is 12.5. The molecule has 248 valence electrons. The summed E-state index contributed by atoms with van der Waals surface area (Å²) in [5.41, 5.74) is 4.38. The van der Waals surface area contributed by atoms with Crippen LogP contribution in [0.15, 0.2) is 48.5 Å². The van der Waals surface area contributed by atoms with Crippen molar-refractivity contribution in [3.8, 4) is 0 Å². The van der Waals surface area contributed by atoms with E-state index in [9.17, 15) is 4.79 Å². The Kier molecular flexibility index (Phi) is 23.3. The Balaban J connectivity index is 1.47. The van der Waals surface area contributed by atoms with Crippen LogP contribution in [0, 0.1) is 0 Å². The number of hydrogen-bond donors (Lipinski definition) is 2. The lowest BCUT2D eigenvalue weighted by atomic mass is 10.0. The maximum atomic E-state index is 12.5. The lowest BCUT2D eigenvalue weighted by Gasteiger charge is -2.09. The van der Waals surface area contributed by atoms with Gasteiger partial charge in [0.1, 0.15) is 0 Å². The van der Waals surface area contributed by atoms with Crippen LogP contribution in [0.2, 0.25) is 0 Å². The van der Waals surface area contributed by atoms with E-state index in [2.05, 4.69) is 48.7 Å². The smallest absolute Gasteiger partial charge is 0.308 e. The van der Waals surface area contributed by atoms with E-state index in [1.165, 1.54) is 165 Å². The Labute approximate surface area is 272 Å². The summed E-state index contributed by atoms with van der Waals surface area (Å²) in [7, 11) is 0. The summed E-state index contributed by atoms with van der Waals surface area (Å²) >= 11 is 0. The molecule has 2 N–H and O–H groups in total. The van der Waals surface area contributed by atoms with E-state index in [0.717, 1.165) is 24.2 Å². The molecule has 0 spiro atoms. The van der Waals surface area contributed by atoms with Crippen LogP contribution < -0.4 is 10.6 Å². The van der Waals surface area contributed by atoms with Gasteiger partial charge in [0.2, 0.25) is 0 Å². The summed E-state index contributed by atoms with van der Waals surface area (Å²) in [5, 5.41) is 5.95. The third kappa shape index (κ3) is 20.6. The average Bonchev–Trinajstić information content (AvgIpc) is 3.03. The molecule has 0 aliphatic heterocycles. The molecule has 3 nitrogen and oxygen atoms in total. The number of amides is 2. The maximum Gasteiger partial charge on any atom is 0.323 e. The normalized spacial score (nSPS) is 11.1. The fraction of sp³-hybridized carbons (Fsp3) is 0.683. The molecule has 0 unspecified atom stereocenters. The van der Waals surface area contributed by atoms with Crippen molar-refractivity contribution in [1.82, 2.24) is 0 Å². The fourth-order valence-electron chi connectivity index (χ4n) is 6.14. The monoisotopic (exact) mass is 605 g/mol. The molecule has 0 atom stereocenters. The van der Waals surface area contributed by atoms with Gasteiger partial charge in [0.05, 0.1) is 0 Å². The van der Waals surface area contributed by atoms with Gasteiger partial charge in [0.25, 0.3) is 0 Å². The van der Waals surface area contributed by atoms with Crippen LogP contribution >= 0.6 is 0 Å². The van der Waals surface area contributed by atoms with Crippen molar-refractivity contribution in [3.05, 3.63) is 59.7 Å². The zero-order chi connectivity index (χ0) is 31.3. The number of hydrogen-bond acceptors (Lipinski definition) is 1. The van der Waals surface area contributed by atoms with Crippen LogP contribution in [0.5, 0.6) is 0 Å². The Morgan fingerprint density at radius 3 is 0.909 bits per heavy atom. The number of benzene rings is 2. The van der Waals surface area contributed by atoms with Crippen molar-refractivity contribution in [2.24, 2.45) is 0 Å². The quantitative estimate of drug-likeness (QED) is 0.0932. The van der Waals surface area contributed by atoms with Crippen molar-refractivity contribution < 1.29 is 4.79 Å². The molecule has 0 saturated carbocycles. The first-order valence-electron chi connectivity index (χ1n) is 19.0. The van der Waals surface area contributed by atoms with Gasteiger partial charge in [0, 0.05) is 11.4 Å². The molecule has 2 rings (SSSR count). The van der Waals surface area contributed by atoms with E-state index in [4.69, 9.17) is 0 Å². The number of aryl methyl sites for hydroxylation is 2. The van der Waals surface area contributed by atoms with Gasteiger partial charge in [-0.15, -0.1) is 0 Å². The molecular formula is C41H68N2O. The number of carbonyl (C=O) groups is 1. The third-order valence-electron chi connectivity index (χ3n) is 9.06. The predicted molar refractivity (Wildman–Crippen MR) is 195 cm³/mol. The van der Waals surface area contributed by atoms with Crippen molar-refractivity contribution >= 4 is 17.4 Å². The van der Waals surface area contributed by atoms with Gasteiger partial charge in [-0.1, -0.05) is 179 Å². The topological polar surface area (TPSA) is 41.1 Å². The van der Waals surface area contributed by atoms with Gasteiger partial charge in [-0.2, -0.15) is 0 Å². The zero-order valence-corrected chi connectivity index (χ0v) is 28.9. The molecule has 0 fully saturated rings. The van der Waals surface area contributed by atoms with Crippen molar-refractivity contribution in [3.63, 3.8) is 0 Å². The second kappa shape index (κ2) is 27.1. The number of anilines is 2. The molecule has 0 aromatic heterocycles. The lowest BCUT2D eigenvalue weighted by molar-refractivity contribution is 0.262. The van der Waals surface area contributed by atoms with Crippen LogP contribution in [-0.4, -0.2) is 6.03 Å². The zero-order valence-electron chi connectivity index (χ0n) is 28.9. The molecule has 0 aliphatic rings. The van der Waals surface area contributed by atoms with Crippen LogP contribution in [0.1, 0.15) is 179 Å². The highest BCUT2D eigenvalue weighted by Crippen LogP contribution is 2.18. The summed E-state index contributed by atoms with van der Waals surface area (Å²) < 4.78 is 0. The second-order valence-corrected chi connectivity index (χ2v) is 13.3. The van der Waals surface area contributed by atoms with E-state index in [1.54, 1.807) is 0 Å². The number of carbonyl (C=O) groups excluding carboxylic acids is 1. The van der Waals surface area contributed by atoms with E-state index in [1.807, 2.05) is 24.3 Å². The molecule has 3 heteroatoms. The summed E-state index contributed by atoms with van der Waals surface area (Å²) in [5.74, 6) is 0. The highest BCUT2D eigenvalue weighted by atomic mass is 16.2. The van der Waals surface area contributed by atoms with Gasteiger partial charge < -0.3 is 10.6 Å². The average molecular weight is 605 g/mol.